The Morgan fingerprint density at radius 2 is 1.93 bits per heavy atom. The first-order valence-corrected chi connectivity index (χ1v) is 9.27. The fourth-order valence-corrected chi connectivity index (χ4v) is 2.89. The molecule has 2 aromatic rings. The van der Waals surface area contributed by atoms with Crippen molar-refractivity contribution in [1.29, 1.82) is 0 Å². The number of furan rings is 1. The van der Waals surface area contributed by atoms with E-state index in [1.54, 1.807) is 0 Å². The first-order valence-electron chi connectivity index (χ1n) is 9.27. The Morgan fingerprint density at radius 3 is 2.57 bits per heavy atom. The smallest absolute Gasteiger partial charge is 0.328 e. The summed E-state index contributed by atoms with van der Waals surface area (Å²) in [5, 5.41) is 3.42. The number of aryl methyl sites for hydroxylation is 2. The quantitative estimate of drug-likeness (QED) is 0.698. The van der Waals surface area contributed by atoms with E-state index < -0.39 is 30.5 Å². The average molecular weight is 389 g/mol. The molecule has 0 bridgehead atoms. The van der Waals surface area contributed by atoms with Gasteiger partial charge in [0.1, 0.15) is 11.6 Å². The molecule has 0 saturated heterocycles. The van der Waals surface area contributed by atoms with Crippen LogP contribution in [-0.2, 0) is 30.3 Å². The normalized spacial score (nSPS) is 13.0. The summed E-state index contributed by atoms with van der Waals surface area (Å²) in [7, 11) is 1.27. The molecule has 2 rings (SSSR count). The van der Waals surface area contributed by atoms with Crippen molar-refractivity contribution >= 4 is 28.8 Å². The van der Waals surface area contributed by atoms with Gasteiger partial charge in [-0.05, 0) is 30.9 Å². The monoisotopic (exact) mass is 389 g/mol. The molecule has 0 aliphatic heterocycles. The average Bonchev–Trinajstić information content (AvgIpc) is 3.09. The van der Waals surface area contributed by atoms with Gasteiger partial charge >= 0.3 is 11.9 Å². The zero-order chi connectivity index (χ0) is 20.8. The highest BCUT2D eigenvalue weighted by atomic mass is 16.5. The maximum absolute atomic E-state index is 12.1. The largest absolute Gasteiger partial charge is 0.467 e. The first kappa shape index (κ1) is 21.5. The molecule has 0 radical (unpaired) electrons. The Labute approximate surface area is 164 Å². The number of methoxy groups -OCH3 is 1. The molecule has 28 heavy (non-hydrogen) atoms. The van der Waals surface area contributed by atoms with Crippen LogP contribution in [0.15, 0.2) is 22.8 Å². The highest BCUT2D eigenvalue weighted by Crippen LogP contribution is 2.26. The van der Waals surface area contributed by atoms with Crippen LogP contribution in [-0.4, -0.2) is 37.6 Å². The molecular weight excluding hydrogens is 362 g/mol. The number of hydrogen-bond donors (Lipinski definition) is 1. The second-order valence-electron chi connectivity index (χ2n) is 6.94. The van der Waals surface area contributed by atoms with Gasteiger partial charge in [0, 0.05) is 10.9 Å². The van der Waals surface area contributed by atoms with Crippen molar-refractivity contribution < 1.29 is 28.3 Å². The molecule has 1 aromatic heterocycles. The lowest BCUT2D eigenvalue weighted by atomic mass is 9.99. The summed E-state index contributed by atoms with van der Waals surface area (Å²) in [6.07, 6.45) is 2.22. The molecule has 2 atom stereocenters. The minimum atomic E-state index is -0.773. The summed E-state index contributed by atoms with van der Waals surface area (Å²) in [5.74, 6) is -1.72. The Kier molecular flexibility index (Phi) is 7.20. The third-order valence-electron chi connectivity index (χ3n) is 5.03. The number of amides is 1. The van der Waals surface area contributed by atoms with Crippen molar-refractivity contribution in [3.05, 3.63) is 35.1 Å². The summed E-state index contributed by atoms with van der Waals surface area (Å²) >= 11 is 0. The fraction of sp³-hybridized carbons (Fsp3) is 0.476. The number of carbonyl (C=O) groups is 3. The van der Waals surface area contributed by atoms with Crippen LogP contribution in [0, 0.1) is 19.8 Å². The molecular formula is C21H27NO6. The van der Waals surface area contributed by atoms with Gasteiger partial charge in [0.25, 0.3) is 5.91 Å². The molecule has 152 valence electrons. The predicted octanol–water partition coefficient (Wildman–Crippen LogP) is 2.84. The highest BCUT2D eigenvalue weighted by molar-refractivity contribution is 5.89. The summed E-state index contributed by atoms with van der Waals surface area (Å²) in [5.41, 5.74) is 3.58. The van der Waals surface area contributed by atoms with Crippen LogP contribution in [0.4, 0.5) is 0 Å². The second-order valence-corrected chi connectivity index (χ2v) is 6.94. The summed E-state index contributed by atoms with van der Waals surface area (Å²) < 4.78 is 15.4. The van der Waals surface area contributed by atoms with Gasteiger partial charge in [0.05, 0.1) is 19.8 Å². The summed E-state index contributed by atoms with van der Waals surface area (Å²) in [4.78, 5) is 36.0. The number of carbonyl (C=O) groups excluding carboxylic acids is 3. The zero-order valence-electron chi connectivity index (χ0n) is 17.0. The van der Waals surface area contributed by atoms with Crippen molar-refractivity contribution in [3.63, 3.8) is 0 Å². The second kappa shape index (κ2) is 9.39. The van der Waals surface area contributed by atoms with E-state index in [2.05, 4.69) is 5.32 Å². The van der Waals surface area contributed by atoms with Crippen molar-refractivity contribution in [2.45, 2.75) is 46.6 Å². The minimum Gasteiger partial charge on any atom is -0.467 e. The number of esters is 2. The van der Waals surface area contributed by atoms with Crippen LogP contribution in [0.3, 0.4) is 0 Å². The van der Waals surface area contributed by atoms with E-state index >= 15 is 0 Å². The van der Waals surface area contributed by atoms with Crippen molar-refractivity contribution in [2.75, 3.05) is 13.7 Å². The van der Waals surface area contributed by atoms with Crippen LogP contribution in [0.25, 0.3) is 11.0 Å². The van der Waals surface area contributed by atoms with Crippen LogP contribution < -0.4 is 5.32 Å². The minimum absolute atomic E-state index is 0.00538. The van der Waals surface area contributed by atoms with E-state index in [0.29, 0.717) is 12.0 Å². The van der Waals surface area contributed by atoms with E-state index in [0.717, 1.165) is 22.1 Å². The van der Waals surface area contributed by atoms with Crippen LogP contribution in [0.2, 0.25) is 0 Å². The van der Waals surface area contributed by atoms with Gasteiger partial charge in [-0.2, -0.15) is 0 Å². The lowest BCUT2D eigenvalue weighted by Gasteiger charge is -2.21. The zero-order valence-corrected chi connectivity index (χ0v) is 17.0. The lowest BCUT2D eigenvalue weighted by Crippen LogP contribution is -2.47. The van der Waals surface area contributed by atoms with Crippen LogP contribution in [0.1, 0.15) is 37.0 Å². The molecule has 0 spiro atoms. The topological polar surface area (TPSA) is 94.8 Å². The molecule has 0 fully saturated rings. The van der Waals surface area contributed by atoms with Crippen LogP contribution in [0.5, 0.6) is 0 Å². The number of fused-ring (bicyclic) bond motifs is 1. The molecule has 7 heteroatoms. The van der Waals surface area contributed by atoms with Gasteiger partial charge in [-0.25, -0.2) is 4.79 Å². The maximum Gasteiger partial charge on any atom is 0.328 e. The number of benzene rings is 1. The van der Waals surface area contributed by atoms with E-state index in [1.807, 2.05) is 39.8 Å². The fourth-order valence-electron chi connectivity index (χ4n) is 2.89. The van der Waals surface area contributed by atoms with E-state index in [4.69, 9.17) is 13.9 Å². The maximum atomic E-state index is 12.1. The van der Waals surface area contributed by atoms with Gasteiger partial charge in [-0.1, -0.05) is 32.4 Å². The first-order chi connectivity index (χ1) is 13.3. The Bertz CT molecular complexity index is 869. The van der Waals surface area contributed by atoms with E-state index in [9.17, 15) is 14.4 Å². The molecule has 1 heterocycles. The Morgan fingerprint density at radius 1 is 1.21 bits per heavy atom. The van der Waals surface area contributed by atoms with Gasteiger partial charge in [0.2, 0.25) is 0 Å². The van der Waals surface area contributed by atoms with Crippen LogP contribution >= 0.6 is 0 Å². The molecule has 0 aliphatic carbocycles. The third-order valence-corrected chi connectivity index (χ3v) is 5.03. The standard InChI is InChI=1S/C21H27NO6/c1-6-12(2)19(21(25)26-5)22-17(23)11-27-18(24)9-15-10-28-20-14(4)13(3)7-8-16(15)20/h7-8,10,12,19H,6,9,11H2,1-5H3,(H,22,23)/t12-,19+/m1/s1. The molecule has 0 saturated carbocycles. The van der Waals surface area contributed by atoms with Gasteiger partial charge in [-0.3, -0.25) is 9.59 Å². The molecule has 1 aromatic carbocycles. The molecule has 0 unspecified atom stereocenters. The van der Waals surface area contributed by atoms with E-state index in [-0.39, 0.29) is 12.3 Å². The summed E-state index contributed by atoms with van der Waals surface area (Å²) in [6, 6.07) is 3.10. The molecule has 1 N–H and O–H groups in total. The van der Waals surface area contributed by atoms with Crippen molar-refractivity contribution in [2.24, 2.45) is 5.92 Å². The number of nitrogens with one attached hydrogen (secondary N) is 1. The SMILES string of the molecule is CC[C@@H](C)[C@H](NC(=O)COC(=O)Cc1coc2c(C)c(C)ccc12)C(=O)OC. The third kappa shape index (κ3) is 4.91. The molecule has 7 nitrogen and oxygen atoms in total. The van der Waals surface area contributed by atoms with Gasteiger partial charge in [-0.15, -0.1) is 0 Å². The lowest BCUT2D eigenvalue weighted by molar-refractivity contribution is -0.150. The van der Waals surface area contributed by atoms with Crippen molar-refractivity contribution in [3.8, 4) is 0 Å². The number of hydrogen-bond acceptors (Lipinski definition) is 6. The predicted molar refractivity (Wildman–Crippen MR) is 104 cm³/mol. The number of rotatable bonds is 8. The van der Waals surface area contributed by atoms with Crippen molar-refractivity contribution in [1.82, 2.24) is 5.32 Å². The molecule has 0 aliphatic rings. The summed E-state index contributed by atoms with van der Waals surface area (Å²) in [6.45, 7) is 7.23. The van der Waals surface area contributed by atoms with E-state index in [1.165, 1.54) is 13.4 Å². The Balaban J connectivity index is 1.94. The van der Waals surface area contributed by atoms with Gasteiger partial charge in [0.15, 0.2) is 6.61 Å². The Hall–Kier alpha value is -2.83. The number of ether oxygens (including phenoxy) is 2. The highest BCUT2D eigenvalue weighted by Gasteiger charge is 2.27. The molecule has 1 amide bonds. The van der Waals surface area contributed by atoms with Gasteiger partial charge < -0.3 is 19.2 Å².